The fourth-order valence-electron chi connectivity index (χ4n) is 4.32. The van der Waals surface area contributed by atoms with Crippen molar-refractivity contribution in [2.75, 3.05) is 11.1 Å². The van der Waals surface area contributed by atoms with E-state index >= 15 is 0 Å². The van der Waals surface area contributed by atoms with E-state index in [9.17, 15) is 4.79 Å². The fraction of sp³-hybridized carbons (Fsp3) is 0.320. The predicted molar refractivity (Wildman–Crippen MR) is 133 cm³/mol. The van der Waals surface area contributed by atoms with Gasteiger partial charge in [-0.25, -0.2) is 9.78 Å². The first kappa shape index (κ1) is 21.8. The second kappa shape index (κ2) is 9.09. The molecule has 176 valence electrons. The fourth-order valence-corrected chi connectivity index (χ4v) is 4.32. The van der Waals surface area contributed by atoms with Gasteiger partial charge in [0.25, 0.3) is 0 Å². The first-order valence-electron chi connectivity index (χ1n) is 11.6. The maximum absolute atomic E-state index is 12.0. The van der Waals surface area contributed by atoms with E-state index in [4.69, 9.17) is 10.5 Å². The highest BCUT2D eigenvalue weighted by molar-refractivity contribution is 6.02. The van der Waals surface area contributed by atoms with Crippen LogP contribution in [0.15, 0.2) is 48.8 Å². The monoisotopic (exact) mass is 459 g/mol. The molecule has 5 rings (SSSR count). The van der Waals surface area contributed by atoms with Gasteiger partial charge in [-0.05, 0) is 57.4 Å². The Hall–Kier alpha value is -4.01. The number of nitrogens with two attached hydrogens (primary N) is 1. The first-order valence-corrected chi connectivity index (χ1v) is 11.6. The minimum atomic E-state index is -0.219. The van der Waals surface area contributed by atoms with Crippen molar-refractivity contribution in [1.29, 1.82) is 0 Å². The molecule has 0 atom stereocenters. The van der Waals surface area contributed by atoms with Crippen LogP contribution in [-0.2, 0) is 6.61 Å². The quantitative estimate of drug-likeness (QED) is 0.315. The molecule has 2 aromatic heterocycles. The standard InChI is InChI=1S/C25H29N7O2/c1-15(2)29-25(33)30-17-8-6-16(7-9-17)24-23(26)20-11-10-19(34-13-22-27-14-28-31-22)12-21(20)32(24)18-4-3-5-18/h6-12,14-15,18H,3-5,13,26H2,1-2H3,(H,27,28,31)(H2,29,30,33). The number of nitrogen functional groups attached to an aromatic ring is 1. The number of amides is 2. The van der Waals surface area contributed by atoms with Crippen molar-refractivity contribution in [1.82, 2.24) is 25.1 Å². The summed E-state index contributed by atoms with van der Waals surface area (Å²) >= 11 is 0. The summed E-state index contributed by atoms with van der Waals surface area (Å²) in [5.41, 5.74) is 11.3. The topological polar surface area (TPSA) is 123 Å². The number of hydrogen-bond donors (Lipinski definition) is 4. The number of aromatic amines is 1. The molecule has 1 aliphatic carbocycles. The van der Waals surface area contributed by atoms with Gasteiger partial charge in [0.15, 0.2) is 5.82 Å². The molecule has 0 saturated heterocycles. The molecule has 2 heterocycles. The number of rotatable bonds is 7. The van der Waals surface area contributed by atoms with Gasteiger partial charge < -0.3 is 25.7 Å². The smallest absolute Gasteiger partial charge is 0.319 e. The maximum atomic E-state index is 12.0. The van der Waals surface area contributed by atoms with Crippen molar-refractivity contribution in [2.45, 2.75) is 51.8 Å². The van der Waals surface area contributed by atoms with Gasteiger partial charge in [-0.3, -0.25) is 5.10 Å². The highest BCUT2D eigenvalue weighted by Gasteiger charge is 2.27. The van der Waals surface area contributed by atoms with Crippen LogP contribution in [0, 0.1) is 0 Å². The number of carbonyl (C=O) groups is 1. The van der Waals surface area contributed by atoms with Crippen LogP contribution in [0.25, 0.3) is 22.2 Å². The van der Waals surface area contributed by atoms with E-state index in [1.54, 1.807) is 0 Å². The lowest BCUT2D eigenvalue weighted by Crippen LogP contribution is -2.34. The van der Waals surface area contributed by atoms with Crippen LogP contribution in [0.1, 0.15) is 45.0 Å². The Morgan fingerprint density at radius 2 is 2.03 bits per heavy atom. The summed E-state index contributed by atoms with van der Waals surface area (Å²) < 4.78 is 8.30. The van der Waals surface area contributed by atoms with Gasteiger partial charge in [-0.15, -0.1) is 0 Å². The molecule has 1 saturated carbocycles. The average molecular weight is 460 g/mol. The van der Waals surface area contributed by atoms with Crippen molar-refractivity contribution in [2.24, 2.45) is 0 Å². The number of fused-ring (bicyclic) bond motifs is 1. The molecule has 2 aromatic carbocycles. The van der Waals surface area contributed by atoms with Gasteiger partial charge in [-0.2, -0.15) is 5.10 Å². The highest BCUT2D eigenvalue weighted by atomic mass is 16.5. The van der Waals surface area contributed by atoms with E-state index in [0.717, 1.165) is 52.1 Å². The molecule has 34 heavy (non-hydrogen) atoms. The van der Waals surface area contributed by atoms with Crippen molar-refractivity contribution in [3.63, 3.8) is 0 Å². The number of hydrogen-bond acceptors (Lipinski definition) is 5. The zero-order chi connectivity index (χ0) is 23.7. The Kier molecular flexibility index (Phi) is 5.83. The third-order valence-corrected chi connectivity index (χ3v) is 6.13. The minimum Gasteiger partial charge on any atom is -0.486 e. The van der Waals surface area contributed by atoms with Crippen LogP contribution in [0.4, 0.5) is 16.2 Å². The summed E-state index contributed by atoms with van der Waals surface area (Å²) in [5, 5.41) is 13.4. The molecule has 9 nitrogen and oxygen atoms in total. The van der Waals surface area contributed by atoms with Gasteiger partial charge in [0.1, 0.15) is 18.7 Å². The Morgan fingerprint density at radius 1 is 1.24 bits per heavy atom. The van der Waals surface area contributed by atoms with Crippen LogP contribution in [-0.4, -0.2) is 31.8 Å². The minimum absolute atomic E-state index is 0.0712. The van der Waals surface area contributed by atoms with Crippen LogP contribution < -0.4 is 21.1 Å². The molecule has 1 fully saturated rings. The summed E-state index contributed by atoms with van der Waals surface area (Å²) in [4.78, 5) is 16.1. The molecule has 0 aliphatic heterocycles. The summed E-state index contributed by atoms with van der Waals surface area (Å²) in [6.45, 7) is 4.17. The summed E-state index contributed by atoms with van der Waals surface area (Å²) in [7, 11) is 0. The Balaban J connectivity index is 1.47. The Bertz CT molecular complexity index is 1290. The lowest BCUT2D eigenvalue weighted by atomic mass is 9.92. The van der Waals surface area contributed by atoms with Gasteiger partial charge in [-0.1, -0.05) is 12.1 Å². The van der Waals surface area contributed by atoms with Crippen molar-refractivity contribution in [3.8, 4) is 17.0 Å². The van der Waals surface area contributed by atoms with Crippen molar-refractivity contribution >= 4 is 28.3 Å². The van der Waals surface area contributed by atoms with Crippen molar-refractivity contribution in [3.05, 3.63) is 54.6 Å². The second-order valence-electron chi connectivity index (χ2n) is 8.95. The zero-order valence-electron chi connectivity index (χ0n) is 19.3. The number of carbonyl (C=O) groups excluding carboxylic acids is 1. The molecule has 1 aliphatic rings. The Morgan fingerprint density at radius 3 is 2.68 bits per heavy atom. The SMILES string of the molecule is CC(C)NC(=O)Nc1ccc(-c2c(N)c3ccc(OCc4ncn[nH]4)cc3n2C2CCC2)cc1. The normalized spacial score (nSPS) is 13.7. The molecule has 5 N–H and O–H groups in total. The van der Waals surface area contributed by atoms with Crippen LogP contribution in [0.5, 0.6) is 5.75 Å². The molecule has 4 aromatic rings. The number of nitrogens with zero attached hydrogens (tertiary/aromatic N) is 3. The van der Waals surface area contributed by atoms with Crippen molar-refractivity contribution < 1.29 is 9.53 Å². The van der Waals surface area contributed by atoms with E-state index in [-0.39, 0.29) is 12.1 Å². The lowest BCUT2D eigenvalue weighted by Gasteiger charge is -2.30. The lowest BCUT2D eigenvalue weighted by molar-refractivity contribution is 0.250. The van der Waals surface area contributed by atoms with Gasteiger partial charge in [0.05, 0.1) is 16.9 Å². The van der Waals surface area contributed by atoms with E-state index < -0.39 is 0 Å². The molecular formula is C25H29N7O2. The number of nitrogens with one attached hydrogen (secondary N) is 3. The number of aromatic nitrogens is 4. The summed E-state index contributed by atoms with van der Waals surface area (Å²) in [6.07, 6.45) is 4.91. The van der Waals surface area contributed by atoms with Gasteiger partial charge in [0.2, 0.25) is 0 Å². The number of ether oxygens (including phenoxy) is 1. The number of urea groups is 1. The van der Waals surface area contributed by atoms with Crippen LogP contribution in [0.2, 0.25) is 0 Å². The molecule has 0 radical (unpaired) electrons. The Labute approximate surface area is 197 Å². The third kappa shape index (κ3) is 4.28. The molecule has 0 bridgehead atoms. The summed E-state index contributed by atoms with van der Waals surface area (Å²) in [6, 6.07) is 14.1. The van der Waals surface area contributed by atoms with Gasteiger partial charge in [0, 0.05) is 34.8 Å². The predicted octanol–water partition coefficient (Wildman–Crippen LogP) is 4.84. The number of H-pyrrole nitrogens is 1. The van der Waals surface area contributed by atoms with Gasteiger partial charge >= 0.3 is 6.03 Å². The highest BCUT2D eigenvalue weighted by Crippen LogP contribution is 2.44. The molecule has 2 amide bonds. The third-order valence-electron chi connectivity index (χ3n) is 6.13. The average Bonchev–Trinajstić information content (AvgIpc) is 3.38. The second-order valence-corrected chi connectivity index (χ2v) is 8.95. The molecule has 9 heteroatoms. The maximum Gasteiger partial charge on any atom is 0.319 e. The number of anilines is 2. The number of benzene rings is 2. The molecule has 0 unspecified atom stereocenters. The van der Waals surface area contributed by atoms with E-state index in [1.807, 2.05) is 50.2 Å². The van der Waals surface area contributed by atoms with E-state index in [1.165, 1.54) is 12.7 Å². The summed E-state index contributed by atoms with van der Waals surface area (Å²) in [5.74, 6) is 1.43. The molecular weight excluding hydrogens is 430 g/mol. The van der Waals surface area contributed by atoms with E-state index in [0.29, 0.717) is 18.5 Å². The van der Waals surface area contributed by atoms with Crippen LogP contribution >= 0.6 is 0 Å². The first-order chi connectivity index (χ1) is 16.5. The van der Waals surface area contributed by atoms with E-state index in [2.05, 4.69) is 36.4 Å². The zero-order valence-corrected chi connectivity index (χ0v) is 19.3. The van der Waals surface area contributed by atoms with Crippen LogP contribution in [0.3, 0.4) is 0 Å². The largest absolute Gasteiger partial charge is 0.486 e. The molecule has 0 spiro atoms.